The molecule has 6 nitrogen and oxygen atoms in total. The third-order valence-electron chi connectivity index (χ3n) is 4.07. The van der Waals surface area contributed by atoms with E-state index in [1.54, 1.807) is 31.2 Å². The molecule has 0 aliphatic carbocycles. The summed E-state index contributed by atoms with van der Waals surface area (Å²) in [7, 11) is -3.67. The zero-order valence-corrected chi connectivity index (χ0v) is 17.8. The van der Waals surface area contributed by atoms with Crippen molar-refractivity contribution in [1.29, 1.82) is 0 Å². The predicted molar refractivity (Wildman–Crippen MR) is 113 cm³/mol. The van der Waals surface area contributed by atoms with Crippen molar-refractivity contribution in [2.24, 2.45) is 0 Å². The van der Waals surface area contributed by atoms with Gasteiger partial charge in [-0.25, -0.2) is 8.42 Å². The lowest BCUT2D eigenvalue weighted by Gasteiger charge is -2.30. The zero-order valence-electron chi connectivity index (χ0n) is 16.2. The van der Waals surface area contributed by atoms with E-state index in [9.17, 15) is 13.2 Å². The van der Waals surface area contributed by atoms with Crippen molar-refractivity contribution in [2.75, 3.05) is 23.7 Å². The molecular formula is C20H25ClN2O4S. The molecule has 0 aliphatic rings. The second-order valence-electron chi connectivity index (χ2n) is 6.42. The minimum absolute atomic E-state index is 0.265. The molecule has 2 aromatic rings. The topological polar surface area (TPSA) is 75.7 Å². The maximum Gasteiger partial charge on any atom is 0.244 e. The van der Waals surface area contributed by atoms with E-state index in [1.165, 1.54) is 0 Å². The van der Waals surface area contributed by atoms with Gasteiger partial charge in [-0.2, -0.15) is 0 Å². The van der Waals surface area contributed by atoms with Gasteiger partial charge in [0.15, 0.2) is 0 Å². The van der Waals surface area contributed by atoms with Crippen LogP contribution in [0, 0.1) is 6.92 Å². The van der Waals surface area contributed by atoms with Crippen LogP contribution in [0.25, 0.3) is 0 Å². The minimum Gasteiger partial charge on any atom is -0.492 e. The normalized spacial score (nSPS) is 12.3. The molecule has 0 heterocycles. The molecule has 1 atom stereocenters. The molecule has 0 radical (unpaired) electrons. The van der Waals surface area contributed by atoms with Gasteiger partial charge in [-0.3, -0.25) is 9.10 Å². The van der Waals surface area contributed by atoms with Gasteiger partial charge in [0, 0.05) is 5.02 Å². The molecule has 1 N–H and O–H groups in total. The smallest absolute Gasteiger partial charge is 0.244 e. The number of anilines is 1. The molecule has 1 unspecified atom stereocenters. The molecule has 1 amide bonds. The van der Waals surface area contributed by atoms with Gasteiger partial charge in [0.25, 0.3) is 0 Å². The molecule has 0 fully saturated rings. The van der Waals surface area contributed by atoms with Crippen LogP contribution in [-0.2, 0) is 14.8 Å². The predicted octanol–water partition coefficient (Wildman–Crippen LogP) is 3.39. The highest BCUT2D eigenvalue weighted by Gasteiger charge is 2.31. The molecule has 0 spiro atoms. The quantitative estimate of drug-likeness (QED) is 0.626. The first kappa shape index (κ1) is 22.0. The molecule has 28 heavy (non-hydrogen) atoms. The van der Waals surface area contributed by atoms with Gasteiger partial charge in [-0.15, -0.1) is 0 Å². The van der Waals surface area contributed by atoms with Crippen LogP contribution in [0.5, 0.6) is 5.75 Å². The van der Waals surface area contributed by atoms with Gasteiger partial charge < -0.3 is 10.1 Å². The maximum absolute atomic E-state index is 12.7. The van der Waals surface area contributed by atoms with Crippen LogP contribution in [0.4, 0.5) is 5.69 Å². The van der Waals surface area contributed by atoms with Crippen molar-refractivity contribution in [3.8, 4) is 5.75 Å². The molecule has 152 valence electrons. The number of rotatable bonds is 9. The fourth-order valence-corrected chi connectivity index (χ4v) is 4.15. The number of nitrogens with one attached hydrogen (secondary N) is 1. The van der Waals surface area contributed by atoms with E-state index in [-0.39, 0.29) is 19.1 Å². The van der Waals surface area contributed by atoms with Crippen LogP contribution in [0.2, 0.25) is 5.02 Å². The summed E-state index contributed by atoms with van der Waals surface area (Å²) < 4.78 is 31.5. The Morgan fingerprint density at radius 1 is 1.21 bits per heavy atom. The van der Waals surface area contributed by atoms with Crippen molar-refractivity contribution in [3.63, 3.8) is 0 Å². The van der Waals surface area contributed by atoms with Gasteiger partial charge in [-0.05, 0) is 55.3 Å². The Labute approximate surface area is 171 Å². The number of amides is 1. The number of nitrogens with zero attached hydrogens (tertiary/aromatic N) is 1. The summed E-state index contributed by atoms with van der Waals surface area (Å²) in [5, 5.41) is 3.25. The molecule has 8 heteroatoms. The summed E-state index contributed by atoms with van der Waals surface area (Å²) in [5.74, 6) is 0.343. The largest absolute Gasteiger partial charge is 0.492 e. The summed E-state index contributed by atoms with van der Waals surface area (Å²) in [5.41, 5.74) is 1.48. The Morgan fingerprint density at radius 2 is 1.89 bits per heavy atom. The first-order valence-electron chi connectivity index (χ1n) is 8.94. The van der Waals surface area contributed by atoms with Crippen LogP contribution in [0.15, 0.2) is 48.5 Å². The van der Waals surface area contributed by atoms with E-state index < -0.39 is 16.1 Å². The van der Waals surface area contributed by atoms with Gasteiger partial charge in [-0.1, -0.05) is 30.7 Å². The summed E-state index contributed by atoms with van der Waals surface area (Å²) in [4.78, 5) is 12.7. The monoisotopic (exact) mass is 424 g/mol. The molecule has 2 rings (SSSR count). The molecule has 0 saturated carbocycles. The van der Waals surface area contributed by atoms with Crippen molar-refractivity contribution in [3.05, 3.63) is 59.1 Å². The number of benzene rings is 2. The molecule has 0 aromatic heterocycles. The molecule has 0 bridgehead atoms. The standard InChI is InChI=1S/C20H25ClN2O4S/c1-4-19(23(28(3,25)26)17-10-8-16(21)9-11-17)20(24)22-12-13-27-18-7-5-6-15(2)14-18/h5-11,14,19H,4,12-13H2,1-3H3,(H,22,24). The summed E-state index contributed by atoms with van der Waals surface area (Å²) in [6.45, 7) is 4.28. The fraction of sp³-hybridized carbons (Fsp3) is 0.350. The molecule has 0 saturated heterocycles. The highest BCUT2D eigenvalue weighted by Crippen LogP contribution is 2.24. The number of hydrogen-bond donors (Lipinski definition) is 1. The summed E-state index contributed by atoms with van der Waals surface area (Å²) in [6.07, 6.45) is 1.40. The van der Waals surface area contributed by atoms with E-state index in [0.29, 0.717) is 17.1 Å². The van der Waals surface area contributed by atoms with E-state index in [4.69, 9.17) is 16.3 Å². The number of ether oxygens (including phenoxy) is 1. The van der Waals surface area contributed by atoms with E-state index in [1.807, 2.05) is 31.2 Å². The first-order valence-corrected chi connectivity index (χ1v) is 11.2. The lowest BCUT2D eigenvalue weighted by atomic mass is 10.2. The van der Waals surface area contributed by atoms with Gasteiger partial charge in [0.2, 0.25) is 15.9 Å². The van der Waals surface area contributed by atoms with Crippen LogP contribution >= 0.6 is 11.6 Å². The van der Waals surface area contributed by atoms with Crippen molar-refractivity contribution in [2.45, 2.75) is 26.3 Å². The van der Waals surface area contributed by atoms with E-state index >= 15 is 0 Å². The zero-order chi connectivity index (χ0) is 20.7. The van der Waals surface area contributed by atoms with Gasteiger partial charge in [0.05, 0.1) is 18.5 Å². The second kappa shape index (κ2) is 9.80. The Bertz CT molecular complexity index is 901. The molecule has 0 aliphatic heterocycles. The van der Waals surface area contributed by atoms with Crippen LogP contribution in [0.1, 0.15) is 18.9 Å². The lowest BCUT2D eigenvalue weighted by molar-refractivity contribution is -0.122. The van der Waals surface area contributed by atoms with Crippen molar-refractivity contribution >= 4 is 33.2 Å². The number of hydrogen-bond acceptors (Lipinski definition) is 4. The third-order valence-corrected chi connectivity index (χ3v) is 5.50. The highest BCUT2D eigenvalue weighted by molar-refractivity contribution is 7.92. The number of halogens is 1. The maximum atomic E-state index is 12.7. The number of sulfonamides is 1. The third kappa shape index (κ3) is 6.14. The van der Waals surface area contributed by atoms with E-state index in [0.717, 1.165) is 21.9 Å². The average molecular weight is 425 g/mol. The molecular weight excluding hydrogens is 400 g/mol. The van der Waals surface area contributed by atoms with Crippen molar-refractivity contribution in [1.82, 2.24) is 5.32 Å². The Morgan fingerprint density at radius 3 is 2.46 bits per heavy atom. The minimum atomic E-state index is -3.67. The fourth-order valence-electron chi connectivity index (χ4n) is 2.81. The molecule has 2 aromatic carbocycles. The second-order valence-corrected chi connectivity index (χ2v) is 8.71. The Hall–Kier alpha value is -2.25. The van der Waals surface area contributed by atoms with Gasteiger partial charge in [0.1, 0.15) is 18.4 Å². The van der Waals surface area contributed by atoms with Crippen LogP contribution in [-0.4, -0.2) is 39.8 Å². The number of carbonyl (C=O) groups is 1. The highest BCUT2D eigenvalue weighted by atomic mass is 35.5. The van der Waals surface area contributed by atoms with Crippen molar-refractivity contribution < 1.29 is 17.9 Å². The Kier molecular flexibility index (Phi) is 7.71. The SMILES string of the molecule is CCC(C(=O)NCCOc1cccc(C)c1)N(c1ccc(Cl)cc1)S(C)(=O)=O. The first-order chi connectivity index (χ1) is 13.2. The number of aryl methyl sites for hydroxylation is 1. The summed E-state index contributed by atoms with van der Waals surface area (Å²) in [6, 6.07) is 13.1. The average Bonchev–Trinajstić information content (AvgIpc) is 2.63. The van der Waals surface area contributed by atoms with Crippen LogP contribution < -0.4 is 14.4 Å². The van der Waals surface area contributed by atoms with Crippen LogP contribution in [0.3, 0.4) is 0 Å². The number of carbonyl (C=O) groups excluding carboxylic acids is 1. The van der Waals surface area contributed by atoms with E-state index in [2.05, 4.69) is 5.32 Å². The lowest BCUT2D eigenvalue weighted by Crippen LogP contribution is -2.50. The summed E-state index contributed by atoms with van der Waals surface area (Å²) >= 11 is 5.89. The Balaban J connectivity index is 2.04. The van der Waals surface area contributed by atoms with Gasteiger partial charge >= 0.3 is 0 Å².